The van der Waals surface area contributed by atoms with Gasteiger partial charge in [-0.25, -0.2) is 0 Å². The van der Waals surface area contributed by atoms with E-state index >= 15 is 0 Å². The summed E-state index contributed by atoms with van der Waals surface area (Å²) in [5.74, 6) is 0. The minimum atomic E-state index is 0. The van der Waals surface area contributed by atoms with Crippen LogP contribution in [0.3, 0.4) is 0 Å². The molecule has 0 aromatic rings. The highest BCUT2D eigenvalue weighted by atomic mass is 28.2. The van der Waals surface area contributed by atoms with Gasteiger partial charge in [0.2, 0.25) is 0 Å². The van der Waals surface area contributed by atoms with Gasteiger partial charge >= 0.3 is 0 Å². The molecule has 1 fully saturated rings. The Balaban J connectivity index is 0.000001000. The largest absolute Gasteiger partial charge is 0.379 e. The van der Waals surface area contributed by atoms with Gasteiger partial charge in [0.15, 0.2) is 0 Å². The van der Waals surface area contributed by atoms with E-state index in [0.717, 1.165) is 19.8 Å². The van der Waals surface area contributed by atoms with Gasteiger partial charge in [-0.1, -0.05) is 20.0 Å². The minimum Gasteiger partial charge on any atom is -0.379 e. The van der Waals surface area contributed by atoms with Gasteiger partial charge in [0.1, 0.15) is 6.10 Å². The predicted octanol–water partition coefficient (Wildman–Crippen LogP) is 1.06. The number of hydrogen-bond acceptors (Lipinski definition) is 2. The van der Waals surface area contributed by atoms with Crippen LogP contribution in [-0.2, 0) is 9.47 Å². The number of epoxide rings is 1. The SMILES string of the molecule is C.C[SiH2]CCCOCC1CO1. The van der Waals surface area contributed by atoms with Crippen molar-refractivity contribution >= 4 is 9.52 Å². The van der Waals surface area contributed by atoms with Crippen molar-refractivity contribution in [1.82, 2.24) is 0 Å². The van der Waals surface area contributed by atoms with Gasteiger partial charge in [-0.3, -0.25) is 0 Å². The molecule has 11 heavy (non-hydrogen) atoms. The second-order valence-corrected chi connectivity index (χ2v) is 4.44. The Hall–Kier alpha value is 0.137. The molecule has 0 aromatic heterocycles. The van der Waals surface area contributed by atoms with Crippen LogP contribution in [0.25, 0.3) is 0 Å². The van der Waals surface area contributed by atoms with Crippen molar-refractivity contribution in [3.63, 3.8) is 0 Å². The lowest BCUT2D eigenvalue weighted by Gasteiger charge is -1.99. The molecule has 1 aliphatic heterocycles. The standard InChI is InChI=1S/C7H16O2Si.CH4/c1-10-4-2-3-8-5-7-6-9-7;/h7H,2-6,10H2,1H3;1H4. The summed E-state index contributed by atoms with van der Waals surface area (Å²) in [7, 11) is 0.271. The van der Waals surface area contributed by atoms with Crippen molar-refractivity contribution in [3.05, 3.63) is 0 Å². The van der Waals surface area contributed by atoms with Gasteiger partial charge in [0, 0.05) is 16.1 Å². The van der Waals surface area contributed by atoms with Crippen molar-refractivity contribution < 1.29 is 9.47 Å². The quantitative estimate of drug-likeness (QED) is 0.343. The smallest absolute Gasteiger partial charge is 0.104 e. The Bertz CT molecular complexity index is 84.2. The predicted molar refractivity (Wildman–Crippen MR) is 51.1 cm³/mol. The average molecular weight is 176 g/mol. The van der Waals surface area contributed by atoms with Gasteiger partial charge in [-0.05, 0) is 6.42 Å². The molecule has 0 bridgehead atoms. The van der Waals surface area contributed by atoms with Gasteiger partial charge in [-0.2, -0.15) is 0 Å². The van der Waals surface area contributed by atoms with Crippen LogP contribution >= 0.6 is 0 Å². The van der Waals surface area contributed by atoms with E-state index in [1.54, 1.807) is 0 Å². The molecule has 1 heterocycles. The van der Waals surface area contributed by atoms with E-state index in [1.807, 2.05) is 0 Å². The minimum absolute atomic E-state index is 0. The first-order chi connectivity index (χ1) is 4.93. The molecule has 0 saturated carbocycles. The molecule has 1 aliphatic rings. The van der Waals surface area contributed by atoms with Crippen molar-refractivity contribution in [1.29, 1.82) is 0 Å². The highest BCUT2D eigenvalue weighted by Crippen LogP contribution is 2.08. The third-order valence-corrected chi connectivity index (χ3v) is 2.81. The summed E-state index contributed by atoms with van der Waals surface area (Å²) < 4.78 is 10.4. The first kappa shape index (κ1) is 11.1. The van der Waals surface area contributed by atoms with Crippen LogP contribution in [0.2, 0.25) is 12.6 Å². The van der Waals surface area contributed by atoms with Crippen molar-refractivity contribution in [2.24, 2.45) is 0 Å². The second kappa shape index (κ2) is 6.82. The Labute approximate surface area is 72.1 Å². The van der Waals surface area contributed by atoms with Crippen LogP contribution < -0.4 is 0 Å². The third-order valence-electron chi connectivity index (χ3n) is 1.60. The van der Waals surface area contributed by atoms with Gasteiger partial charge in [-0.15, -0.1) is 0 Å². The second-order valence-electron chi connectivity index (χ2n) is 2.74. The molecule has 1 unspecified atom stereocenters. The maximum Gasteiger partial charge on any atom is 0.104 e. The fourth-order valence-electron chi connectivity index (χ4n) is 0.833. The fourth-order valence-corrected chi connectivity index (χ4v) is 1.54. The average Bonchev–Trinajstić information content (AvgIpc) is 2.71. The number of hydrogen-bond donors (Lipinski definition) is 0. The first-order valence-corrected chi connectivity index (χ1v) is 6.54. The molecule has 1 rings (SSSR count). The first-order valence-electron chi connectivity index (χ1n) is 4.13. The molecule has 2 nitrogen and oxygen atoms in total. The summed E-state index contributed by atoms with van der Waals surface area (Å²) in [4.78, 5) is 0. The highest BCUT2D eigenvalue weighted by molar-refractivity contribution is 6.33. The Morgan fingerprint density at radius 3 is 2.91 bits per heavy atom. The monoisotopic (exact) mass is 176 g/mol. The maximum atomic E-state index is 5.36. The van der Waals surface area contributed by atoms with E-state index in [2.05, 4.69) is 6.55 Å². The van der Waals surface area contributed by atoms with Crippen LogP contribution in [0.4, 0.5) is 0 Å². The molecular formula is C8H20O2Si. The lowest BCUT2D eigenvalue weighted by molar-refractivity contribution is 0.117. The molecule has 1 atom stereocenters. The Kier molecular flexibility index (Phi) is 6.91. The maximum absolute atomic E-state index is 5.36. The van der Waals surface area contributed by atoms with E-state index in [4.69, 9.17) is 9.47 Å². The molecular weight excluding hydrogens is 156 g/mol. The third kappa shape index (κ3) is 6.53. The van der Waals surface area contributed by atoms with Crippen molar-refractivity contribution in [2.45, 2.75) is 32.5 Å². The lowest BCUT2D eigenvalue weighted by atomic mass is 10.5. The summed E-state index contributed by atoms with van der Waals surface area (Å²) in [6, 6.07) is 1.42. The molecule has 3 heteroatoms. The van der Waals surface area contributed by atoms with E-state index in [1.165, 1.54) is 12.5 Å². The molecule has 0 aliphatic carbocycles. The van der Waals surface area contributed by atoms with E-state index < -0.39 is 0 Å². The normalized spacial score (nSPS) is 22.1. The molecule has 0 amide bonds. The lowest BCUT2D eigenvalue weighted by Crippen LogP contribution is -2.02. The van der Waals surface area contributed by atoms with Crippen LogP contribution in [0.5, 0.6) is 0 Å². The van der Waals surface area contributed by atoms with Crippen LogP contribution in [0.15, 0.2) is 0 Å². The van der Waals surface area contributed by atoms with Crippen LogP contribution in [-0.4, -0.2) is 35.4 Å². The fraction of sp³-hybridized carbons (Fsp3) is 1.00. The molecule has 0 spiro atoms. The Morgan fingerprint density at radius 2 is 2.36 bits per heavy atom. The topological polar surface area (TPSA) is 21.8 Å². The zero-order chi connectivity index (χ0) is 7.23. The zero-order valence-corrected chi connectivity index (χ0v) is 8.05. The summed E-state index contributed by atoms with van der Waals surface area (Å²) in [6.45, 7) is 5.03. The van der Waals surface area contributed by atoms with E-state index in [9.17, 15) is 0 Å². The zero-order valence-electron chi connectivity index (χ0n) is 6.64. The van der Waals surface area contributed by atoms with E-state index in [0.29, 0.717) is 6.10 Å². The molecule has 0 aromatic carbocycles. The number of ether oxygens (including phenoxy) is 2. The molecule has 0 radical (unpaired) electrons. The van der Waals surface area contributed by atoms with Gasteiger partial charge in [0.05, 0.1) is 13.2 Å². The van der Waals surface area contributed by atoms with Gasteiger partial charge in [0.25, 0.3) is 0 Å². The van der Waals surface area contributed by atoms with Crippen LogP contribution in [0, 0.1) is 0 Å². The van der Waals surface area contributed by atoms with Crippen LogP contribution in [0.1, 0.15) is 13.8 Å². The van der Waals surface area contributed by atoms with E-state index in [-0.39, 0.29) is 16.9 Å². The highest BCUT2D eigenvalue weighted by Gasteiger charge is 2.21. The summed E-state index contributed by atoms with van der Waals surface area (Å²) in [5, 5.41) is 0. The summed E-state index contributed by atoms with van der Waals surface area (Å²) in [6.07, 6.45) is 1.70. The summed E-state index contributed by atoms with van der Waals surface area (Å²) >= 11 is 0. The van der Waals surface area contributed by atoms with Crippen molar-refractivity contribution in [2.75, 3.05) is 19.8 Å². The molecule has 68 valence electrons. The molecule has 0 N–H and O–H groups in total. The Morgan fingerprint density at radius 1 is 1.64 bits per heavy atom. The number of rotatable bonds is 6. The summed E-state index contributed by atoms with van der Waals surface area (Å²) in [5.41, 5.74) is 0. The van der Waals surface area contributed by atoms with Gasteiger partial charge < -0.3 is 9.47 Å². The molecule has 1 saturated heterocycles. The van der Waals surface area contributed by atoms with Crippen molar-refractivity contribution in [3.8, 4) is 0 Å².